The molecule has 3 aromatic carbocycles. The summed E-state index contributed by atoms with van der Waals surface area (Å²) in [4.78, 5) is 2.38. The third kappa shape index (κ3) is 4.69. The molecule has 0 bridgehead atoms. The predicted molar refractivity (Wildman–Crippen MR) is 148 cm³/mol. The van der Waals surface area contributed by atoms with Crippen LogP contribution < -0.4 is 4.90 Å². The number of thiophene rings is 1. The lowest BCUT2D eigenvalue weighted by molar-refractivity contribution is 0.590. The Morgan fingerprint density at radius 1 is 0.727 bits per heavy atom. The zero-order valence-electron chi connectivity index (χ0n) is 21.0. The molecule has 0 fully saturated rings. The Hall–Kier alpha value is -2.29. The fourth-order valence-corrected chi connectivity index (χ4v) is 5.38. The minimum atomic E-state index is 0.0924. The maximum absolute atomic E-state index is 6.68. The Morgan fingerprint density at radius 2 is 1.33 bits per heavy atom. The quantitative estimate of drug-likeness (QED) is 0.284. The third-order valence-corrected chi connectivity index (χ3v) is 7.70. The van der Waals surface area contributed by atoms with Gasteiger partial charge in [-0.05, 0) is 83.3 Å². The minimum absolute atomic E-state index is 0.0924. The Morgan fingerprint density at radius 3 is 1.94 bits per heavy atom. The molecule has 4 rings (SSSR count). The number of fused-ring (bicyclic) bond motifs is 1. The van der Waals surface area contributed by atoms with Gasteiger partial charge in [0.1, 0.15) is 0 Å². The van der Waals surface area contributed by atoms with Crippen LogP contribution in [0.3, 0.4) is 0 Å². The first-order chi connectivity index (χ1) is 15.4. The van der Waals surface area contributed by atoms with E-state index in [1.54, 1.807) is 11.3 Å². The lowest BCUT2D eigenvalue weighted by Crippen LogP contribution is -2.14. The molecule has 0 aliphatic rings. The van der Waals surface area contributed by atoms with Crippen LogP contribution >= 0.6 is 22.9 Å². The second-order valence-electron chi connectivity index (χ2n) is 11.1. The number of hydrogen-bond donors (Lipinski definition) is 0. The van der Waals surface area contributed by atoms with Crippen LogP contribution in [0.5, 0.6) is 0 Å². The number of anilines is 3. The highest BCUT2D eigenvalue weighted by Gasteiger charge is 2.22. The van der Waals surface area contributed by atoms with E-state index in [0.717, 1.165) is 27.5 Å². The molecule has 172 valence electrons. The molecule has 33 heavy (non-hydrogen) atoms. The van der Waals surface area contributed by atoms with Gasteiger partial charge in [-0.15, -0.1) is 11.3 Å². The van der Waals surface area contributed by atoms with Gasteiger partial charge in [0.2, 0.25) is 0 Å². The average Bonchev–Trinajstić information content (AvgIpc) is 3.14. The summed E-state index contributed by atoms with van der Waals surface area (Å²) < 4.78 is 1.30. The molecule has 0 saturated carbocycles. The van der Waals surface area contributed by atoms with E-state index in [2.05, 4.69) is 114 Å². The molecule has 0 atom stereocenters. The van der Waals surface area contributed by atoms with Gasteiger partial charge in [0.25, 0.3) is 0 Å². The van der Waals surface area contributed by atoms with Gasteiger partial charge < -0.3 is 4.90 Å². The molecule has 0 spiro atoms. The lowest BCUT2D eigenvalue weighted by atomic mass is 9.86. The summed E-state index contributed by atoms with van der Waals surface area (Å²) in [6.07, 6.45) is 0. The van der Waals surface area contributed by atoms with E-state index in [1.807, 2.05) is 6.07 Å². The second kappa shape index (κ2) is 8.49. The van der Waals surface area contributed by atoms with Gasteiger partial charge in [-0.25, -0.2) is 0 Å². The van der Waals surface area contributed by atoms with E-state index in [-0.39, 0.29) is 10.8 Å². The van der Waals surface area contributed by atoms with Crippen LogP contribution in [-0.4, -0.2) is 0 Å². The van der Waals surface area contributed by atoms with Crippen molar-refractivity contribution in [2.75, 3.05) is 4.90 Å². The minimum Gasteiger partial charge on any atom is -0.309 e. The molecule has 0 aliphatic heterocycles. The highest BCUT2D eigenvalue weighted by Crippen LogP contribution is 2.45. The van der Waals surface area contributed by atoms with E-state index >= 15 is 0 Å². The molecule has 4 aromatic rings. The summed E-state index contributed by atoms with van der Waals surface area (Å²) in [5.74, 6) is 0. The highest BCUT2D eigenvalue weighted by molar-refractivity contribution is 7.17. The van der Waals surface area contributed by atoms with E-state index in [4.69, 9.17) is 11.6 Å². The van der Waals surface area contributed by atoms with Crippen LogP contribution in [0.2, 0.25) is 5.02 Å². The van der Waals surface area contributed by atoms with E-state index in [1.165, 1.54) is 26.9 Å². The summed E-state index contributed by atoms with van der Waals surface area (Å²) in [7, 11) is 0. The smallest absolute Gasteiger partial charge is 0.0647 e. The molecule has 1 aromatic heterocycles. The van der Waals surface area contributed by atoms with Gasteiger partial charge in [-0.1, -0.05) is 71.3 Å². The van der Waals surface area contributed by atoms with Crippen molar-refractivity contribution in [3.63, 3.8) is 0 Å². The van der Waals surface area contributed by atoms with E-state index in [0.29, 0.717) is 0 Å². The average molecular weight is 476 g/mol. The Labute approximate surface area is 208 Å². The van der Waals surface area contributed by atoms with Crippen LogP contribution in [0.4, 0.5) is 17.1 Å². The topological polar surface area (TPSA) is 3.24 Å². The Bertz CT molecular complexity index is 1300. The lowest BCUT2D eigenvalue weighted by Gasteiger charge is -2.29. The number of benzene rings is 3. The first-order valence-corrected chi connectivity index (χ1v) is 12.8. The predicted octanol–water partition coefficient (Wildman–Crippen LogP) is 10.2. The van der Waals surface area contributed by atoms with Crippen LogP contribution in [-0.2, 0) is 10.8 Å². The van der Waals surface area contributed by atoms with Crippen LogP contribution in [0, 0.1) is 13.8 Å². The fourth-order valence-electron chi connectivity index (χ4n) is 4.20. The van der Waals surface area contributed by atoms with Gasteiger partial charge in [0.15, 0.2) is 0 Å². The van der Waals surface area contributed by atoms with Crippen molar-refractivity contribution in [2.24, 2.45) is 0 Å². The molecule has 3 heteroatoms. The van der Waals surface area contributed by atoms with Crippen LogP contribution in [0.1, 0.15) is 63.8 Å². The normalized spacial score (nSPS) is 12.4. The largest absolute Gasteiger partial charge is 0.309 e. The van der Waals surface area contributed by atoms with Crippen LogP contribution in [0.15, 0.2) is 60.0 Å². The van der Waals surface area contributed by atoms with Crippen molar-refractivity contribution in [3.05, 3.63) is 87.3 Å². The molecule has 0 N–H and O–H groups in total. The molecule has 0 saturated heterocycles. The van der Waals surface area contributed by atoms with E-state index < -0.39 is 0 Å². The molecule has 0 radical (unpaired) electrons. The zero-order valence-corrected chi connectivity index (χ0v) is 22.6. The molecule has 0 aliphatic carbocycles. The fraction of sp³-hybridized carbons (Fsp3) is 0.333. The number of rotatable bonds is 3. The van der Waals surface area contributed by atoms with Crippen molar-refractivity contribution in [3.8, 4) is 0 Å². The van der Waals surface area contributed by atoms with Gasteiger partial charge >= 0.3 is 0 Å². The first-order valence-electron chi connectivity index (χ1n) is 11.6. The maximum Gasteiger partial charge on any atom is 0.0647 e. The Balaban J connectivity index is 1.98. The van der Waals surface area contributed by atoms with Crippen molar-refractivity contribution < 1.29 is 0 Å². The summed E-state index contributed by atoms with van der Waals surface area (Å²) in [6, 6.07) is 20.2. The first kappa shape index (κ1) is 23.9. The third-order valence-electron chi connectivity index (χ3n) is 6.35. The maximum atomic E-state index is 6.68. The van der Waals surface area contributed by atoms with Crippen molar-refractivity contribution >= 4 is 50.1 Å². The van der Waals surface area contributed by atoms with Crippen molar-refractivity contribution in [1.29, 1.82) is 0 Å². The van der Waals surface area contributed by atoms with Gasteiger partial charge in [0, 0.05) is 26.2 Å². The van der Waals surface area contributed by atoms with E-state index in [9.17, 15) is 0 Å². The summed E-state index contributed by atoms with van der Waals surface area (Å²) in [5, 5.41) is 4.37. The summed E-state index contributed by atoms with van der Waals surface area (Å²) in [6.45, 7) is 17.8. The van der Waals surface area contributed by atoms with Crippen molar-refractivity contribution in [1.82, 2.24) is 0 Å². The number of nitrogens with zero attached hydrogens (tertiary/aromatic N) is 1. The SMILES string of the molecule is Cc1cc(Cl)c(C)c(N(c2ccc(C(C)(C)C)cc2)c2csc3ccc(C(C)(C)C)cc23)c1. The molecular formula is C30H34ClNS. The monoisotopic (exact) mass is 475 g/mol. The number of halogens is 1. The molecule has 0 amide bonds. The molecule has 1 heterocycles. The molecule has 1 nitrogen and oxygen atoms in total. The highest BCUT2D eigenvalue weighted by atomic mass is 35.5. The van der Waals surface area contributed by atoms with Crippen LogP contribution in [0.25, 0.3) is 10.1 Å². The second-order valence-corrected chi connectivity index (χ2v) is 12.4. The standard InChI is InChI=1S/C30H34ClNS/c1-19-15-25(31)20(2)26(16-19)32(23-12-9-21(10-13-23)29(3,4)5)27-18-33-28-14-11-22(17-24(27)28)30(6,7)8/h9-18H,1-8H3. The summed E-state index contributed by atoms with van der Waals surface area (Å²) in [5.41, 5.74) is 8.61. The summed E-state index contributed by atoms with van der Waals surface area (Å²) >= 11 is 8.47. The molecule has 0 unspecified atom stereocenters. The molecular weight excluding hydrogens is 442 g/mol. The number of hydrogen-bond acceptors (Lipinski definition) is 2. The zero-order chi connectivity index (χ0) is 24.1. The van der Waals surface area contributed by atoms with Gasteiger partial charge in [0.05, 0.1) is 11.4 Å². The Kier molecular flexibility index (Phi) is 6.14. The van der Waals surface area contributed by atoms with Gasteiger partial charge in [-0.3, -0.25) is 0 Å². The van der Waals surface area contributed by atoms with Crippen molar-refractivity contribution in [2.45, 2.75) is 66.2 Å². The number of aryl methyl sites for hydroxylation is 1. The van der Waals surface area contributed by atoms with Gasteiger partial charge in [-0.2, -0.15) is 0 Å².